The molecule has 2 N–H and O–H groups in total. The smallest absolute Gasteiger partial charge is 0.0638 e. The predicted molar refractivity (Wildman–Crippen MR) is 45.2 cm³/mol. The Kier molecular flexibility index (Phi) is 8.55. The molecule has 0 saturated carbocycles. The Labute approximate surface area is 64.0 Å². The van der Waals surface area contributed by atoms with Crippen LogP contribution in [0.1, 0.15) is 20.3 Å². The van der Waals surface area contributed by atoms with Crippen LogP contribution in [0.25, 0.3) is 0 Å². The van der Waals surface area contributed by atoms with Crippen LogP contribution in [0.3, 0.4) is 0 Å². The van der Waals surface area contributed by atoms with Crippen molar-refractivity contribution in [3.63, 3.8) is 0 Å². The molecule has 0 aromatic carbocycles. The van der Waals surface area contributed by atoms with E-state index in [4.69, 9.17) is 14.4 Å². The van der Waals surface area contributed by atoms with Gasteiger partial charge in [0.1, 0.15) is 0 Å². The Morgan fingerprint density at radius 2 is 1.80 bits per heavy atom. The second-order valence-electron chi connectivity index (χ2n) is 1.61. The van der Waals surface area contributed by atoms with Crippen molar-refractivity contribution in [1.82, 2.24) is 0 Å². The fourth-order valence-corrected chi connectivity index (χ4v) is 0.717. The molecule has 0 rings (SSSR count). The van der Waals surface area contributed by atoms with Crippen LogP contribution in [0.5, 0.6) is 0 Å². The molecule has 0 fully saturated rings. The van der Waals surface area contributed by atoms with Crippen LogP contribution < -0.4 is 0 Å². The fourth-order valence-electron chi connectivity index (χ4n) is 0.239. The lowest BCUT2D eigenvalue weighted by molar-refractivity contribution is 0.495. The summed E-state index contributed by atoms with van der Waals surface area (Å²) in [4.78, 5) is 0. The van der Waals surface area contributed by atoms with Crippen molar-refractivity contribution in [1.29, 1.82) is 5.26 Å². The molecule has 10 heavy (non-hydrogen) atoms. The van der Waals surface area contributed by atoms with E-state index in [2.05, 4.69) is 0 Å². The van der Waals surface area contributed by atoms with E-state index < -0.39 is 10.6 Å². The molecular formula is C6H15NO2S. The molecule has 0 aliphatic carbocycles. The first kappa shape index (κ1) is 12.4. The van der Waals surface area contributed by atoms with Crippen LogP contribution in [-0.4, -0.2) is 21.1 Å². The van der Waals surface area contributed by atoms with Crippen LogP contribution in [0, 0.1) is 11.3 Å². The van der Waals surface area contributed by atoms with Gasteiger partial charge in [0.05, 0.1) is 18.2 Å². The van der Waals surface area contributed by atoms with Gasteiger partial charge in [0.15, 0.2) is 0 Å². The molecular weight excluding hydrogens is 150 g/mol. The summed E-state index contributed by atoms with van der Waals surface area (Å²) in [5, 5.41) is 7.97. The molecule has 62 valence electrons. The first-order valence-corrected chi connectivity index (χ1v) is 5.26. The Bertz CT molecular complexity index is 103. The van der Waals surface area contributed by atoms with Gasteiger partial charge in [-0.2, -0.15) is 15.9 Å². The topological polar surface area (TPSA) is 64.2 Å². The maximum atomic E-state index is 8.64. The van der Waals surface area contributed by atoms with E-state index in [1.54, 1.807) is 0 Å². The second-order valence-corrected chi connectivity index (χ2v) is 4.00. The summed E-state index contributed by atoms with van der Waals surface area (Å²) in [5.41, 5.74) is 0. The second kappa shape index (κ2) is 6.87. The monoisotopic (exact) mass is 165 g/mol. The average Bonchev–Trinajstić information content (AvgIpc) is 1.87. The summed E-state index contributed by atoms with van der Waals surface area (Å²) in [5.74, 6) is 0.198. The maximum absolute atomic E-state index is 8.64. The molecule has 0 heterocycles. The summed E-state index contributed by atoms with van der Waals surface area (Å²) in [6.45, 7) is 4.00. The number of nitrogens with zero attached hydrogens (tertiary/aromatic N) is 1. The van der Waals surface area contributed by atoms with Crippen molar-refractivity contribution in [2.75, 3.05) is 12.0 Å². The molecule has 0 saturated heterocycles. The van der Waals surface area contributed by atoms with Gasteiger partial charge in [-0.15, -0.1) is 0 Å². The van der Waals surface area contributed by atoms with Gasteiger partial charge >= 0.3 is 0 Å². The van der Waals surface area contributed by atoms with Crippen molar-refractivity contribution in [2.24, 2.45) is 0 Å². The first-order chi connectivity index (χ1) is 4.56. The van der Waals surface area contributed by atoms with E-state index in [0.29, 0.717) is 0 Å². The molecule has 0 aliphatic rings. The van der Waals surface area contributed by atoms with E-state index in [9.17, 15) is 0 Å². The predicted octanol–water partition coefficient (Wildman–Crippen LogP) is 2.31. The highest BCUT2D eigenvalue weighted by atomic mass is 32.3. The average molecular weight is 165 g/mol. The summed E-state index contributed by atoms with van der Waals surface area (Å²) in [6.07, 6.45) is 1.56. The lowest BCUT2D eigenvalue weighted by Crippen LogP contribution is -1.98. The minimum Gasteiger partial charge on any atom is -0.300 e. The Hall–Kier alpha value is -0.240. The molecule has 0 unspecified atom stereocenters. The molecule has 4 heteroatoms. The highest BCUT2D eigenvalue weighted by molar-refractivity contribution is 8.23. The number of hydrogen-bond acceptors (Lipinski definition) is 3. The Morgan fingerprint density at radius 3 is 1.90 bits per heavy atom. The Balaban J connectivity index is 0. The quantitative estimate of drug-likeness (QED) is 0.660. The molecule has 0 bridgehead atoms. The number of rotatable bonds is 2. The van der Waals surface area contributed by atoms with Gasteiger partial charge in [-0.25, -0.2) is 0 Å². The van der Waals surface area contributed by atoms with Crippen LogP contribution in [0.2, 0.25) is 0 Å². The van der Waals surface area contributed by atoms with Gasteiger partial charge in [-0.05, 0) is 0 Å². The highest BCUT2D eigenvalue weighted by Crippen LogP contribution is 2.33. The number of hydrogen-bond donors (Lipinski definition) is 2. The van der Waals surface area contributed by atoms with Crippen LogP contribution in [-0.2, 0) is 0 Å². The Morgan fingerprint density at radius 1 is 1.40 bits per heavy atom. The third-order valence-electron chi connectivity index (χ3n) is 0.601. The van der Waals surface area contributed by atoms with E-state index in [1.165, 1.54) is 6.26 Å². The van der Waals surface area contributed by atoms with Crippen molar-refractivity contribution in [3.8, 4) is 6.07 Å². The standard InChI is InChI=1S/C4H9NO2S.C2H6/c1-8(6,7)4-2-3-5;1-2/h6-7H,2,4H2,1H3;1-2H3. The maximum Gasteiger partial charge on any atom is 0.0638 e. The van der Waals surface area contributed by atoms with E-state index in [1.807, 2.05) is 19.9 Å². The van der Waals surface area contributed by atoms with Crippen LogP contribution in [0.15, 0.2) is 0 Å². The summed E-state index contributed by atoms with van der Waals surface area (Å²) in [7, 11) is -2.41. The lowest BCUT2D eigenvalue weighted by Gasteiger charge is -2.24. The number of nitriles is 1. The molecule has 0 aromatic heterocycles. The van der Waals surface area contributed by atoms with Gasteiger partial charge in [0.25, 0.3) is 0 Å². The van der Waals surface area contributed by atoms with Crippen LogP contribution in [0.4, 0.5) is 0 Å². The van der Waals surface area contributed by atoms with Gasteiger partial charge in [-0.3, -0.25) is 9.11 Å². The van der Waals surface area contributed by atoms with E-state index in [0.717, 1.165) is 0 Å². The summed E-state index contributed by atoms with van der Waals surface area (Å²) in [6, 6.07) is 1.83. The zero-order valence-corrected chi connectivity index (χ0v) is 7.48. The van der Waals surface area contributed by atoms with Crippen molar-refractivity contribution < 1.29 is 9.11 Å². The zero-order valence-electron chi connectivity index (χ0n) is 6.66. The molecule has 3 nitrogen and oxygen atoms in total. The van der Waals surface area contributed by atoms with E-state index >= 15 is 0 Å². The molecule has 0 atom stereocenters. The summed E-state index contributed by atoms with van der Waals surface area (Å²) < 4.78 is 17.3. The normalized spacial score (nSPS) is 10.8. The zero-order chi connectivity index (χ0) is 8.62. The minimum atomic E-state index is -2.41. The third kappa shape index (κ3) is 15.7. The van der Waals surface area contributed by atoms with Crippen LogP contribution >= 0.6 is 10.6 Å². The summed E-state index contributed by atoms with van der Waals surface area (Å²) >= 11 is 0. The van der Waals surface area contributed by atoms with Crippen molar-refractivity contribution >= 4 is 10.6 Å². The van der Waals surface area contributed by atoms with Gasteiger partial charge in [-0.1, -0.05) is 13.8 Å². The van der Waals surface area contributed by atoms with Gasteiger partial charge in [0.2, 0.25) is 0 Å². The van der Waals surface area contributed by atoms with Gasteiger partial charge in [0, 0.05) is 6.26 Å². The minimum absolute atomic E-state index is 0.198. The lowest BCUT2D eigenvalue weighted by atomic mass is 10.6. The molecule has 0 amide bonds. The fraction of sp³-hybridized carbons (Fsp3) is 0.833. The van der Waals surface area contributed by atoms with Crippen molar-refractivity contribution in [2.45, 2.75) is 20.3 Å². The van der Waals surface area contributed by atoms with Gasteiger partial charge < -0.3 is 0 Å². The highest BCUT2D eigenvalue weighted by Gasteiger charge is 2.00. The third-order valence-corrected chi connectivity index (χ3v) is 1.58. The molecule has 0 radical (unpaired) electrons. The molecule has 0 spiro atoms. The molecule has 0 aromatic rings. The van der Waals surface area contributed by atoms with E-state index in [-0.39, 0.29) is 12.2 Å². The van der Waals surface area contributed by atoms with Crippen molar-refractivity contribution in [3.05, 3.63) is 0 Å². The molecule has 0 aliphatic heterocycles. The first-order valence-electron chi connectivity index (χ1n) is 3.14. The largest absolute Gasteiger partial charge is 0.300 e. The SMILES string of the molecule is CC.CS(O)(O)CCC#N.